The molecule has 22 heavy (non-hydrogen) atoms. The van der Waals surface area contributed by atoms with Gasteiger partial charge in [0.1, 0.15) is 5.75 Å². The van der Waals surface area contributed by atoms with E-state index in [0.29, 0.717) is 19.5 Å². The highest BCUT2D eigenvalue weighted by Gasteiger charge is 2.33. The summed E-state index contributed by atoms with van der Waals surface area (Å²) in [7, 11) is 0. The summed E-state index contributed by atoms with van der Waals surface area (Å²) in [5.41, 5.74) is 1.08. The van der Waals surface area contributed by atoms with Crippen molar-refractivity contribution in [2.75, 3.05) is 19.7 Å². The molecule has 0 saturated carbocycles. The van der Waals surface area contributed by atoms with Crippen molar-refractivity contribution in [1.29, 1.82) is 0 Å². The van der Waals surface area contributed by atoms with Crippen LogP contribution in [0.25, 0.3) is 0 Å². The minimum absolute atomic E-state index is 0.00146. The molecular formula is C17H23NO4. The fraction of sp³-hybridized carbons (Fsp3) is 0.529. The highest BCUT2D eigenvalue weighted by Crippen LogP contribution is 2.24. The summed E-state index contributed by atoms with van der Waals surface area (Å²) in [6.07, 6.45) is 1.36. The number of carboxylic acids is 1. The molecule has 2 unspecified atom stereocenters. The van der Waals surface area contributed by atoms with Crippen molar-refractivity contribution in [3.8, 4) is 5.75 Å². The number of carboxylic acid groups (broad SMARTS) is 1. The molecule has 120 valence electrons. The maximum atomic E-state index is 12.2. The zero-order chi connectivity index (χ0) is 16.1. The molecule has 1 aliphatic heterocycles. The summed E-state index contributed by atoms with van der Waals surface area (Å²) >= 11 is 0. The standard InChI is InChI=1S/C17H23NO4/c1-3-13-6-4-5-7-15(13)22-11-16(19)18-9-8-14(17(20)21)12(2)10-18/h4-7,12,14H,3,8-11H2,1-2H3,(H,20,21). The number of hydrogen-bond acceptors (Lipinski definition) is 3. The minimum Gasteiger partial charge on any atom is -0.483 e. The van der Waals surface area contributed by atoms with E-state index >= 15 is 0 Å². The van der Waals surface area contributed by atoms with Crippen molar-refractivity contribution >= 4 is 11.9 Å². The third kappa shape index (κ3) is 3.78. The maximum absolute atomic E-state index is 12.2. The van der Waals surface area contributed by atoms with Gasteiger partial charge in [-0.15, -0.1) is 0 Å². The zero-order valence-electron chi connectivity index (χ0n) is 13.1. The molecule has 0 radical (unpaired) electrons. The molecule has 0 aliphatic carbocycles. The van der Waals surface area contributed by atoms with Crippen LogP contribution in [0.4, 0.5) is 0 Å². The molecule has 1 fully saturated rings. The van der Waals surface area contributed by atoms with E-state index in [9.17, 15) is 9.59 Å². The van der Waals surface area contributed by atoms with Crippen LogP contribution in [-0.2, 0) is 16.0 Å². The van der Waals surface area contributed by atoms with Crippen LogP contribution in [-0.4, -0.2) is 41.6 Å². The van der Waals surface area contributed by atoms with E-state index in [0.717, 1.165) is 17.7 Å². The molecule has 5 heteroatoms. The Balaban J connectivity index is 1.89. The SMILES string of the molecule is CCc1ccccc1OCC(=O)N1CCC(C(=O)O)C(C)C1. The summed E-state index contributed by atoms with van der Waals surface area (Å²) < 4.78 is 5.65. The van der Waals surface area contributed by atoms with Gasteiger partial charge in [0.05, 0.1) is 5.92 Å². The van der Waals surface area contributed by atoms with Gasteiger partial charge in [0.15, 0.2) is 6.61 Å². The van der Waals surface area contributed by atoms with E-state index in [2.05, 4.69) is 0 Å². The summed E-state index contributed by atoms with van der Waals surface area (Å²) in [5.74, 6) is -0.495. The van der Waals surface area contributed by atoms with Gasteiger partial charge in [0.2, 0.25) is 0 Å². The van der Waals surface area contributed by atoms with Gasteiger partial charge in [-0.3, -0.25) is 9.59 Å². The van der Waals surface area contributed by atoms with Gasteiger partial charge in [0, 0.05) is 13.1 Å². The van der Waals surface area contributed by atoms with E-state index < -0.39 is 5.97 Å². The Labute approximate surface area is 130 Å². The van der Waals surface area contributed by atoms with Gasteiger partial charge in [-0.05, 0) is 30.4 Å². The number of hydrogen-bond donors (Lipinski definition) is 1. The number of benzene rings is 1. The Hall–Kier alpha value is -2.04. The predicted molar refractivity (Wildman–Crippen MR) is 82.8 cm³/mol. The van der Waals surface area contributed by atoms with E-state index in [4.69, 9.17) is 9.84 Å². The third-order valence-corrected chi connectivity index (χ3v) is 4.28. The number of nitrogens with zero attached hydrogens (tertiary/aromatic N) is 1. The van der Waals surface area contributed by atoms with Crippen LogP contribution in [0, 0.1) is 11.8 Å². The Morgan fingerprint density at radius 2 is 2.09 bits per heavy atom. The number of likely N-dealkylation sites (tertiary alicyclic amines) is 1. The van der Waals surface area contributed by atoms with Crippen molar-refractivity contribution in [2.45, 2.75) is 26.7 Å². The monoisotopic (exact) mass is 305 g/mol. The number of para-hydroxylation sites is 1. The smallest absolute Gasteiger partial charge is 0.306 e. The maximum Gasteiger partial charge on any atom is 0.306 e. The minimum atomic E-state index is -0.771. The number of carbonyl (C=O) groups excluding carboxylic acids is 1. The summed E-state index contributed by atoms with van der Waals surface area (Å²) in [6.45, 7) is 4.89. The zero-order valence-corrected chi connectivity index (χ0v) is 13.1. The van der Waals surface area contributed by atoms with Crippen LogP contribution < -0.4 is 4.74 Å². The molecule has 1 heterocycles. The van der Waals surface area contributed by atoms with Crippen LogP contribution in [0.1, 0.15) is 25.8 Å². The fourth-order valence-corrected chi connectivity index (χ4v) is 2.91. The third-order valence-electron chi connectivity index (χ3n) is 4.28. The highest BCUT2D eigenvalue weighted by atomic mass is 16.5. The molecule has 1 aromatic rings. The second-order valence-electron chi connectivity index (χ2n) is 5.80. The molecule has 2 atom stereocenters. The first kappa shape index (κ1) is 16.3. The van der Waals surface area contributed by atoms with Crippen LogP contribution in [0.5, 0.6) is 5.75 Å². The molecule has 1 aromatic carbocycles. The van der Waals surface area contributed by atoms with Gasteiger partial charge in [0.25, 0.3) is 5.91 Å². The molecule has 1 saturated heterocycles. The first-order valence-corrected chi connectivity index (χ1v) is 7.74. The summed E-state index contributed by atoms with van der Waals surface area (Å²) in [4.78, 5) is 25.0. The lowest BCUT2D eigenvalue weighted by Gasteiger charge is -2.34. The number of rotatable bonds is 5. The summed E-state index contributed by atoms with van der Waals surface area (Å²) in [6, 6.07) is 7.69. The van der Waals surface area contributed by atoms with Gasteiger partial charge in [-0.2, -0.15) is 0 Å². The van der Waals surface area contributed by atoms with E-state index in [-0.39, 0.29) is 24.3 Å². The van der Waals surface area contributed by atoms with Crippen LogP contribution in [0.3, 0.4) is 0 Å². The van der Waals surface area contributed by atoms with Gasteiger partial charge < -0.3 is 14.7 Å². The van der Waals surface area contributed by atoms with Crippen molar-refractivity contribution in [1.82, 2.24) is 4.90 Å². The van der Waals surface area contributed by atoms with Crippen LogP contribution in [0.2, 0.25) is 0 Å². The van der Waals surface area contributed by atoms with E-state index in [1.54, 1.807) is 4.90 Å². The van der Waals surface area contributed by atoms with Gasteiger partial charge in [-0.1, -0.05) is 32.0 Å². The van der Waals surface area contributed by atoms with Gasteiger partial charge in [-0.25, -0.2) is 0 Å². The highest BCUT2D eigenvalue weighted by molar-refractivity contribution is 5.78. The van der Waals surface area contributed by atoms with Crippen molar-refractivity contribution in [2.24, 2.45) is 11.8 Å². The average molecular weight is 305 g/mol. The Morgan fingerprint density at radius 3 is 2.73 bits per heavy atom. The lowest BCUT2D eigenvalue weighted by molar-refractivity contribution is -0.148. The predicted octanol–water partition coefficient (Wildman–Crippen LogP) is 2.20. The summed E-state index contributed by atoms with van der Waals surface area (Å²) in [5, 5.41) is 9.12. The Bertz CT molecular complexity index is 543. The lowest BCUT2D eigenvalue weighted by atomic mass is 9.87. The number of piperidine rings is 1. The molecule has 0 spiro atoms. The normalized spacial score (nSPS) is 21.5. The molecule has 1 amide bonds. The van der Waals surface area contributed by atoms with E-state index in [1.807, 2.05) is 38.1 Å². The first-order chi connectivity index (χ1) is 10.5. The lowest BCUT2D eigenvalue weighted by Crippen LogP contribution is -2.46. The second kappa shape index (κ2) is 7.29. The molecular weight excluding hydrogens is 282 g/mol. The Morgan fingerprint density at radius 1 is 1.36 bits per heavy atom. The number of aryl methyl sites for hydroxylation is 1. The Kier molecular flexibility index (Phi) is 5.41. The topological polar surface area (TPSA) is 66.8 Å². The molecule has 0 aromatic heterocycles. The number of ether oxygens (including phenoxy) is 1. The molecule has 1 N–H and O–H groups in total. The van der Waals surface area contributed by atoms with Gasteiger partial charge >= 0.3 is 5.97 Å². The molecule has 5 nitrogen and oxygen atoms in total. The fourth-order valence-electron chi connectivity index (χ4n) is 2.91. The largest absolute Gasteiger partial charge is 0.483 e. The number of carbonyl (C=O) groups is 2. The quantitative estimate of drug-likeness (QED) is 0.905. The second-order valence-corrected chi connectivity index (χ2v) is 5.80. The molecule has 0 bridgehead atoms. The van der Waals surface area contributed by atoms with Crippen molar-refractivity contribution in [3.05, 3.63) is 29.8 Å². The first-order valence-electron chi connectivity index (χ1n) is 7.74. The average Bonchev–Trinajstić information content (AvgIpc) is 2.52. The van der Waals surface area contributed by atoms with Crippen molar-refractivity contribution < 1.29 is 19.4 Å². The van der Waals surface area contributed by atoms with Crippen LogP contribution in [0.15, 0.2) is 24.3 Å². The van der Waals surface area contributed by atoms with Crippen LogP contribution >= 0.6 is 0 Å². The number of aliphatic carboxylic acids is 1. The van der Waals surface area contributed by atoms with Crippen molar-refractivity contribution in [3.63, 3.8) is 0 Å². The molecule has 2 rings (SSSR count). The van der Waals surface area contributed by atoms with E-state index in [1.165, 1.54) is 0 Å². The molecule has 1 aliphatic rings. The number of amides is 1.